The second-order valence-corrected chi connectivity index (χ2v) is 5.00. The van der Waals surface area contributed by atoms with Crippen molar-refractivity contribution in [3.63, 3.8) is 0 Å². The lowest BCUT2D eigenvalue weighted by Gasteiger charge is -2.08. The van der Waals surface area contributed by atoms with Gasteiger partial charge in [0.2, 0.25) is 0 Å². The number of hydrogen-bond acceptors (Lipinski definition) is 4. The summed E-state index contributed by atoms with van der Waals surface area (Å²) in [6.07, 6.45) is 1.75. The average molecular weight is 269 g/mol. The summed E-state index contributed by atoms with van der Waals surface area (Å²) in [6, 6.07) is 12.4. The molecule has 1 saturated carbocycles. The summed E-state index contributed by atoms with van der Waals surface area (Å²) < 4.78 is 5.17. The number of aromatic hydroxyl groups is 1. The zero-order valence-electron chi connectivity index (χ0n) is 10.9. The fraction of sp³-hybridized carbons (Fsp3) is 0.188. The van der Waals surface area contributed by atoms with E-state index in [4.69, 9.17) is 10.5 Å². The molecule has 0 radical (unpaired) electrons. The van der Waals surface area contributed by atoms with Crippen molar-refractivity contribution in [2.45, 2.75) is 12.8 Å². The molecule has 0 aliphatic heterocycles. The molecule has 0 heterocycles. The van der Waals surface area contributed by atoms with Gasteiger partial charge < -0.3 is 15.6 Å². The number of phenolic OH excluding ortho intramolecular Hbond substituents is 1. The van der Waals surface area contributed by atoms with E-state index in [-0.39, 0.29) is 23.4 Å². The minimum Gasteiger partial charge on any atom is -0.504 e. The van der Waals surface area contributed by atoms with Crippen LogP contribution >= 0.6 is 0 Å². The van der Waals surface area contributed by atoms with Crippen molar-refractivity contribution < 1.29 is 14.6 Å². The minimum atomic E-state index is -0.267. The Bertz CT molecular complexity index is 663. The molecule has 3 N–H and O–H groups in total. The van der Waals surface area contributed by atoms with E-state index in [0.717, 1.165) is 24.0 Å². The van der Waals surface area contributed by atoms with Crippen molar-refractivity contribution in [1.29, 1.82) is 0 Å². The molecule has 0 amide bonds. The van der Waals surface area contributed by atoms with Gasteiger partial charge in [0.15, 0.2) is 11.5 Å². The van der Waals surface area contributed by atoms with Crippen LogP contribution in [0.3, 0.4) is 0 Å². The maximum atomic E-state index is 11.6. The first-order chi connectivity index (χ1) is 9.63. The van der Waals surface area contributed by atoms with Crippen LogP contribution in [0, 0.1) is 5.92 Å². The smallest absolute Gasteiger partial charge is 0.314 e. The number of nitrogens with two attached hydrogens (primary N) is 1. The fourth-order valence-corrected chi connectivity index (χ4v) is 2.01. The summed E-state index contributed by atoms with van der Waals surface area (Å²) in [6.45, 7) is 0. The molecule has 2 aromatic carbocycles. The lowest BCUT2D eigenvalue weighted by Crippen LogP contribution is -2.09. The Kier molecular flexibility index (Phi) is 3.06. The molecular weight excluding hydrogens is 254 g/mol. The molecule has 4 nitrogen and oxygen atoms in total. The van der Waals surface area contributed by atoms with Crippen molar-refractivity contribution in [1.82, 2.24) is 0 Å². The largest absolute Gasteiger partial charge is 0.504 e. The molecule has 102 valence electrons. The van der Waals surface area contributed by atoms with Crippen LogP contribution in [-0.4, -0.2) is 11.1 Å². The third kappa shape index (κ3) is 2.59. The molecule has 3 rings (SSSR count). The van der Waals surface area contributed by atoms with Gasteiger partial charge in [0.1, 0.15) is 0 Å². The normalized spacial score (nSPS) is 14.0. The van der Waals surface area contributed by atoms with E-state index < -0.39 is 0 Å². The first kappa shape index (κ1) is 12.5. The van der Waals surface area contributed by atoms with E-state index in [9.17, 15) is 9.90 Å². The van der Waals surface area contributed by atoms with Gasteiger partial charge in [0, 0.05) is 5.69 Å². The number of anilines is 1. The van der Waals surface area contributed by atoms with Gasteiger partial charge in [-0.1, -0.05) is 18.2 Å². The molecular formula is C16H15NO3. The summed E-state index contributed by atoms with van der Waals surface area (Å²) in [5.41, 5.74) is 8.12. The molecule has 20 heavy (non-hydrogen) atoms. The van der Waals surface area contributed by atoms with Crippen LogP contribution in [0.25, 0.3) is 11.1 Å². The predicted molar refractivity (Wildman–Crippen MR) is 76.3 cm³/mol. The molecule has 0 saturated heterocycles. The molecule has 1 aliphatic carbocycles. The Labute approximate surface area is 116 Å². The number of phenols is 1. The van der Waals surface area contributed by atoms with E-state index in [1.165, 1.54) is 0 Å². The minimum absolute atomic E-state index is 0.00278. The number of ether oxygens (including phenoxy) is 1. The maximum Gasteiger partial charge on any atom is 0.314 e. The van der Waals surface area contributed by atoms with Crippen molar-refractivity contribution in [3.8, 4) is 22.6 Å². The second-order valence-electron chi connectivity index (χ2n) is 5.00. The zero-order chi connectivity index (χ0) is 14.1. The number of nitrogen functional groups attached to an aromatic ring is 1. The summed E-state index contributed by atoms with van der Waals surface area (Å²) in [5.74, 6) is -0.103. The van der Waals surface area contributed by atoms with Crippen LogP contribution in [0.1, 0.15) is 12.8 Å². The van der Waals surface area contributed by atoms with Crippen molar-refractivity contribution in [3.05, 3.63) is 42.5 Å². The van der Waals surface area contributed by atoms with E-state index in [1.54, 1.807) is 24.3 Å². The van der Waals surface area contributed by atoms with E-state index in [0.29, 0.717) is 5.69 Å². The molecule has 4 heteroatoms. The first-order valence-electron chi connectivity index (χ1n) is 6.54. The van der Waals surface area contributed by atoms with Gasteiger partial charge in [0.05, 0.1) is 5.92 Å². The number of hydrogen-bond donors (Lipinski definition) is 2. The van der Waals surface area contributed by atoms with Gasteiger partial charge in [-0.3, -0.25) is 4.79 Å². The second kappa shape index (κ2) is 4.89. The Balaban J connectivity index is 1.85. The topological polar surface area (TPSA) is 72.5 Å². The van der Waals surface area contributed by atoms with Gasteiger partial charge >= 0.3 is 5.97 Å². The molecule has 1 aliphatic rings. The molecule has 2 aromatic rings. The predicted octanol–water partition coefficient (Wildman–Crippen LogP) is 2.96. The molecule has 0 spiro atoms. The van der Waals surface area contributed by atoms with Crippen LogP contribution in [-0.2, 0) is 4.79 Å². The third-order valence-electron chi connectivity index (χ3n) is 3.30. The Morgan fingerprint density at radius 2 is 1.90 bits per heavy atom. The highest BCUT2D eigenvalue weighted by Crippen LogP contribution is 2.35. The maximum absolute atomic E-state index is 11.6. The van der Waals surface area contributed by atoms with E-state index in [1.807, 2.05) is 18.2 Å². The van der Waals surface area contributed by atoms with Gasteiger partial charge in [0.25, 0.3) is 0 Å². The zero-order valence-corrected chi connectivity index (χ0v) is 10.9. The van der Waals surface area contributed by atoms with Gasteiger partial charge in [-0.15, -0.1) is 0 Å². The lowest BCUT2D eigenvalue weighted by molar-refractivity contribution is -0.135. The van der Waals surface area contributed by atoms with Gasteiger partial charge in [-0.25, -0.2) is 0 Å². The van der Waals surface area contributed by atoms with Crippen LogP contribution in [0.2, 0.25) is 0 Å². The van der Waals surface area contributed by atoms with Gasteiger partial charge in [-0.05, 0) is 48.2 Å². The highest BCUT2D eigenvalue weighted by Gasteiger charge is 2.32. The molecule has 0 bridgehead atoms. The third-order valence-corrected chi connectivity index (χ3v) is 3.30. The molecule has 0 atom stereocenters. The highest BCUT2D eigenvalue weighted by atomic mass is 16.5. The standard InChI is InChI=1S/C16H15NO3/c17-13-3-1-2-11(8-13)12-6-7-15(14(18)9-12)20-16(19)10-4-5-10/h1-3,6-10,18H,4-5,17H2. The van der Waals surface area contributed by atoms with Crippen molar-refractivity contribution in [2.75, 3.05) is 5.73 Å². The fourth-order valence-electron chi connectivity index (χ4n) is 2.01. The van der Waals surface area contributed by atoms with Crippen LogP contribution in [0.15, 0.2) is 42.5 Å². The number of rotatable bonds is 3. The number of benzene rings is 2. The number of esters is 1. The highest BCUT2D eigenvalue weighted by molar-refractivity contribution is 5.79. The van der Waals surface area contributed by atoms with Crippen LogP contribution in [0.5, 0.6) is 11.5 Å². The summed E-state index contributed by atoms with van der Waals surface area (Å²) in [5, 5.41) is 9.96. The molecule has 0 unspecified atom stereocenters. The Morgan fingerprint density at radius 3 is 2.55 bits per heavy atom. The van der Waals surface area contributed by atoms with Crippen molar-refractivity contribution >= 4 is 11.7 Å². The SMILES string of the molecule is Nc1cccc(-c2ccc(OC(=O)C3CC3)c(O)c2)c1. The molecule has 1 fully saturated rings. The van der Waals surface area contributed by atoms with E-state index >= 15 is 0 Å². The van der Waals surface area contributed by atoms with E-state index in [2.05, 4.69) is 0 Å². The first-order valence-corrected chi connectivity index (χ1v) is 6.54. The number of carbonyl (C=O) groups excluding carboxylic acids is 1. The van der Waals surface area contributed by atoms with Crippen LogP contribution in [0.4, 0.5) is 5.69 Å². The summed E-state index contributed by atoms with van der Waals surface area (Å²) in [7, 11) is 0. The Hall–Kier alpha value is -2.49. The lowest BCUT2D eigenvalue weighted by atomic mass is 10.0. The van der Waals surface area contributed by atoms with Crippen molar-refractivity contribution in [2.24, 2.45) is 5.92 Å². The average Bonchev–Trinajstić information content (AvgIpc) is 3.25. The molecule has 0 aromatic heterocycles. The Morgan fingerprint density at radius 1 is 1.15 bits per heavy atom. The summed E-state index contributed by atoms with van der Waals surface area (Å²) in [4.78, 5) is 11.6. The monoisotopic (exact) mass is 269 g/mol. The number of carbonyl (C=O) groups is 1. The summed E-state index contributed by atoms with van der Waals surface area (Å²) >= 11 is 0. The van der Waals surface area contributed by atoms with Crippen LogP contribution < -0.4 is 10.5 Å². The quantitative estimate of drug-likeness (QED) is 0.510. The van der Waals surface area contributed by atoms with Gasteiger partial charge in [-0.2, -0.15) is 0 Å².